The van der Waals surface area contributed by atoms with E-state index in [-0.39, 0.29) is 0 Å². The standard InChI is InChI=1S/C22H25N5O2/c1-3-24-22(25-12-16-5-4-6-18(11-16)20(23)28)26-13-19-14-29-21(27-19)17-9-7-15(2)8-10-17/h4-11,14H,3,12-13H2,1-2H3,(H2,23,28)(H2,24,25,26). The van der Waals surface area contributed by atoms with Gasteiger partial charge in [0.1, 0.15) is 6.26 Å². The molecule has 1 amide bonds. The highest BCUT2D eigenvalue weighted by Crippen LogP contribution is 2.19. The molecule has 0 saturated carbocycles. The van der Waals surface area contributed by atoms with E-state index >= 15 is 0 Å². The van der Waals surface area contributed by atoms with Crippen molar-refractivity contribution < 1.29 is 9.21 Å². The minimum atomic E-state index is -0.448. The summed E-state index contributed by atoms with van der Waals surface area (Å²) in [7, 11) is 0. The highest BCUT2D eigenvalue weighted by atomic mass is 16.3. The fraction of sp³-hybridized carbons (Fsp3) is 0.227. The van der Waals surface area contributed by atoms with E-state index in [0.29, 0.717) is 30.5 Å². The summed E-state index contributed by atoms with van der Waals surface area (Å²) in [6, 6.07) is 15.2. The van der Waals surface area contributed by atoms with Gasteiger partial charge in [0.05, 0.1) is 18.8 Å². The fourth-order valence-corrected chi connectivity index (χ4v) is 2.73. The molecule has 0 aliphatic heterocycles. The van der Waals surface area contributed by atoms with Crippen molar-refractivity contribution in [3.8, 4) is 11.5 Å². The lowest BCUT2D eigenvalue weighted by atomic mass is 10.1. The predicted molar refractivity (Wildman–Crippen MR) is 113 cm³/mol. The van der Waals surface area contributed by atoms with Crippen LogP contribution in [-0.2, 0) is 13.1 Å². The molecule has 1 heterocycles. The van der Waals surface area contributed by atoms with E-state index in [1.54, 1.807) is 24.5 Å². The van der Waals surface area contributed by atoms with E-state index in [1.165, 1.54) is 5.56 Å². The maximum Gasteiger partial charge on any atom is 0.248 e. The molecule has 0 radical (unpaired) electrons. The fourth-order valence-electron chi connectivity index (χ4n) is 2.73. The minimum Gasteiger partial charge on any atom is -0.444 e. The second kappa shape index (κ2) is 9.54. The van der Waals surface area contributed by atoms with Crippen LogP contribution in [-0.4, -0.2) is 23.4 Å². The SMILES string of the molecule is CCNC(=NCc1cccc(C(N)=O)c1)NCc1coc(-c2ccc(C)cc2)n1. The van der Waals surface area contributed by atoms with Crippen LogP contribution in [0.3, 0.4) is 0 Å². The van der Waals surface area contributed by atoms with Gasteiger partial charge in [0.25, 0.3) is 0 Å². The maximum atomic E-state index is 11.3. The first-order chi connectivity index (χ1) is 14.0. The van der Waals surface area contributed by atoms with E-state index < -0.39 is 5.91 Å². The quantitative estimate of drug-likeness (QED) is 0.424. The van der Waals surface area contributed by atoms with Gasteiger partial charge < -0.3 is 20.8 Å². The summed E-state index contributed by atoms with van der Waals surface area (Å²) in [5.41, 5.74) is 9.62. The number of nitrogens with one attached hydrogen (secondary N) is 2. The number of hydrogen-bond acceptors (Lipinski definition) is 4. The van der Waals surface area contributed by atoms with Gasteiger partial charge in [0.15, 0.2) is 5.96 Å². The Morgan fingerprint density at radius 1 is 1.17 bits per heavy atom. The highest BCUT2D eigenvalue weighted by Gasteiger charge is 2.08. The number of carbonyl (C=O) groups excluding carboxylic acids is 1. The van der Waals surface area contributed by atoms with Gasteiger partial charge in [-0.3, -0.25) is 4.79 Å². The Balaban J connectivity index is 1.63. The summed E-state index contributed by atoms with van der Waals surface area (Å²) >= 11 is 0. The summed E-state index contributed by atoms with van der Waals surface area (Å²) < 4.78 is 5.59. The number of aromatic nitrogens is 1. The average molecular weight is 391 g/mol. The molecule has 0 aliphatic carbocycles. The van der Waals surface area contributed by atoms with Gasteiger partial charge in [0, 0.05) is 17.7 Å². The van der Waals surface area contributed by atoms with Gasteiger partial charge in [-0.2, -0.15) is 0 Å². The van der Waals surface area contributed by atoms with Crippen LogP contribution in [0.2, 0.25) is 0 Å². The van der Waals surface area contributed by atoms with Gasteiger partial charge in [-0.25, -0.2) is 9.98 Å². The van der Waals surface area contributed by atoms with Crippen LogP contribution in [0, 0.1) is 6.92 Å². The summed E-state index contributed by atoms with van der Waals surface area (Å²) in [6.07, 6.45) is 1.64. The number of guanidine groups is 1. The molecular weight excluding hydrogens is 366 g/mol. The van der Waals surface area contributed by atoms with Crippen molar-refractivity contribution in [2.75, 3.05) is 6.54 Å². The predicted octanol–water partition coefficient (Wildman–Crippen LogP) is 3.00. The Hall–Kier alpha value is -3.61. The number of oxazole rings is 1. The number of amides is 1. The van der Waals surface area contributed by atoms with E-state index in [4.69, 9.17) is 10.2 Å². The number of nitrogens with zero attached hydrogens (tertiary/aromatic N) is 2. The molecule has 0 saturated heterocycles. The molecular formula is C22H25N5O2. The van der Waals surface area contributed by atoms with Gasteiger partial charge in [-0.1, -0.05) is 29.8 Å². The number of benzene rings is 2. The summed E-state index contributed by atoms with van der Waals surface area (Å²) in [4.78, 5) is 20.4. The third-order valence-electron chi connectivity index (χ3n) is 4.26. The monoisotopic (exact) mass is 391 g/mol. The number of primary amides is 1. The lowest BCUT2D eigenvalue weighted by molar-refractivity contribution is 0.1000. The van der Waals surface area contributed by atoms with Crippen LogP contribution in [0.1, 0.15) is 34.1 Å². The molecule has 3 rings (SSSR count). The third-order valence-corrected chi connectivity index (χ3v) is 4.26. The Morgan fingerprint density at radius 3 is 2.69 bits per heavy atom. The van der Waals surface area contributed by atoms with Gasteiger partial charge >= 0.3 is 0 Å². The molecule has 150 valence electrons. The van der Waals surface area contributed by atoms with Gasteiger partial charge in [0.2, 0.25) is 11.8 Å². The molecule has 0 bridgehead atoms. The summed E-state index contributed by atoms with van der Waals surface area (Å²) in [5, 5.41) is 6.44. The lowest BCUT2D eigenvalue weighted by Crippen LogP contribution is -2.36. The van der Waals surface area contributed by atoms with Crippen molar-refractivity contribution in [2.24, 2.45) is 10.7 Å². The van der Waals surface area contributed by atoms with Crippen LogP contribution < -0.4 is 16.4 Å². The molecule has 0 spiro atoms. The van der Waals surface area contributed by atoms with E-state index in [2.05, 4.69) is 20.6 Å². The second-order valence-corrected chi connectivity index (χ2v) is 6.62. The first-order valence-corrected chi connectivity index (χ1v) is 9.47. The highest BCUT2D eigenvalue weighted by molar-refractivity contribution is 5.92. The zero-order chi connectivity index (χ0) is 20.6. The van der Waals surface area contributed by atoms with Crippen molar-refractivity contribution in [3.05, 3.63) is 77.2 Å². The van der Waals surface area contributed by atoms with Crippen molar-refractivity contribution in [2.45, 2.75) is 26.9 Å². The second-order valence-electron chi connectivity index (χ2n) is 6.62. The van der Waals surface area contributed by atoms with Crippen LogP contribution >= 0.6 is 0 Å². The summed E-state index contributed by atoms with van der Waals surface area (Å²) in [5.74, 6) is 0.792. The normalized spacial score (nSPS) is 11.3. The Kier molecular flexibility index (Phi) is 6.63. The molecule has 0 atom stereocenters. The summed E-state index contributed by atoms with van der Waals surface area (Å²) in [6.45, 7) is 5.66. The molecule has 7 heteroatoms. The van der Waals surface area contributed by atoms with Crippen LogP contribution in [0.25, 0.3) is 11.5 Å². The van der Waals surface area contributed by atoms with Crippen molar-refractivity contribution >= 4 is 11.9 Å². The number of nitrogens with two attached hydrogens (primary N) is 1. The smallest absolute Gasteiger partial charge is 0.248 e. The first kappa shape index (κ1) is 20.1. The van der Waals surface area contributed by atoms with E-state index in [1.807, 2.05) is 44.2 Å². The maximum absolute atomic E-state index is 11.3. The lowest BCUT2D eigenvalue weighted by Gasteiger charge is -2.10. The average Bonchev–Trinajstić information content (AvgIpc) is 3.20. The largest absolute Gasteiger partial charge is 0.444 e. The number of aliphatic imine (C=N–C) groups is 1. The molecule has 0 unspecified atom stereocenters. The Bertz CT molecular complexity index is 992. The number of aryl methyl sites for hydroxylation is 1. The first-order valence-electron chi connectivity index (χ1n) is 9.47. The third kappa shape index (κ3) is 5.68. The Morgan fingerprint density at radius 2 is 1.97 bits per heavy atom. The van der Waals surface area contributed by atoms with Crippen molar-refractivity contribution in [1.29, 1.82) is 0 Å². The molecule has 7 nitrogen and oxygen atoms in total. The van der Waals surface area contributed by atoms with Crippen LogP contribution in [0.4, 0.5) is 0 Å². The Labute approximate surface area is 170 Å². The van der Waals surface area contributed by atoms with Gasteiger partial charge in [-0.05, 0) is 43.7 Å². The zero-order valence-corrected chi connectivity index (χ0v) is 16.6. The minimum absolute atomic E-state index is 0.421. The van der Waals surface area contributed by atoms with Crippen LogP contribution in [0.5, 0.6) is 0 Å². The van der Waals surface area contributed by atoms with E-state index in [9.17, 15) is 4.79 Å². The van der Waals surface area contributed by atoms with Crippen LogP contribution in [0.15, 0.2) is 64.2 Å². The van der Waals surface area contributed by atoms with Gasteiger partial charge in [-0.15, -0.1) is 0 Å². The molecule has 29 heavy (non-hydrogen) atoms. The number of carbonyl (C=O) groups is 1. The zero-order valence-electron chi connectivity index (χ0n) is 16.6. The van der Waals surface area contributed by atoms with E-state index in [0.717, 1.165) is 23.4 Å². The number of hydrogen-bond donors (Lipinski definition) is 3. The molecule has 3 aromatic rings. The topological polar surface area (TPSA) is 106 Å². The number of rotatable bonds is 7. The molecule has 1 aromatic heterocycles. The molecule has 0 fully saturated rings. The van der Waals surface area contributed by atoms with Crippen molar-refractivity contribution in [1.82, 2.24) is 15.6 Å². The molecule has 2 aromatic carbocycles. The molecule has 0 aliphatic rings. The van der Waals surface area contributed by atoms with Crippen molar-refractivity contribution in [3.63, 3.8) is 0 Å². The molecule has 4 N–H and O–H groups in total.